The van der Waals surface area contributed by atoms with E-state index >= 15 is 0 Å². The van der Waals surface area contributed by atoms with Crippen molar-refractivity contribution in [3.63, 3.8) is 0 Å². The van der Waals surface area contributed by atoms with Crippen LogP contribution in [-0.2, 0) is 23.0 Å². The molecule has 0 aliphatic carbocycles. The topological polar surface area (TPSA) is 72.2 Å². The number of hydrogen-bond donors (Lipinski definition) is 2. The largest absolute Gasteiger partial charge is 0.398 e. The van der Waals surface area contributed by atoms with Crippen LogP contribution in [0.1, 0.15) is 18.1 Å². The molecule has 3 N–H and O–H groups in total. The lowest BCUT2D eigenvalue weighted by Gasteiger charge is -2.08. The Morgan fingerprint density at radius 3 is 2.29 bits per heavy atom. The molecule has 0 atom stereocenters. The van der Waals surface area contributed by atoms with Gasteiger partial charge < -0.3 is 5.73 Å². The van der Waals surface area contributed by atoms with Crippen LogP contribution in [0.5, 0.6) is 0 Å². The van der Waals surface area contributed by atoms with Crippen LogP contribution < -0.4 is 10.5 Å². The fourth-order valence-electron chi connectivity index (χ4n) is 1.83. The van der Waals surface area contributed by atoms with Gasteiger partial charge in [0, 0.05) is 6.54 Å². The molecule has 112 valence electrons. The van der Waals surface area contributed by atoms with Gasteiger partial charge in [-0.3, -0.25) is 0 Å². The second kappa shape index (κ2) is 6.47. The Morgan fingerprint density at radius 1 is 1.10 bits per heavy atom. The first kappa shape index (κ1) is 15.8. The monoisotopic (exact) mass is 324 g/mol. The van der Waals surface area contributed by atoms with E-state index in [1.807, 2.05) is 24.3 Å². The van der Waals surface area contributed by atoms with Gasteiger partial charge in [0.2, 0.25) is 10.0 Å². The molecule has 0 bridgehead atoms. The van der Waals surface area contributed by atoms with Gasteiger partial charge >= 0.3 is 0 Å². The van der Waals surface area contributed by atoms with Crippen molar-refractivity contribution in [2.24, 2.45) is 0 Å². The van der Waals surface area contributed by atoms with Gasteiger partial charge in [-0.25, -0.2) is 13.1 Å². The minimum absolute atomic E-state index is 0.104. The molecule has 2 aromatic carbocycles. The number of halogens is 1. The van der Waals surface area contributed by atoms with E-state index in [9.17, 15) is 8.42 Å². The van der Waals surface area contributed by atoms with Crippen LogP contribution in [0.2, 0.25) is 5.02 Å². The molecule has 0 aliphatic rings. The fourth-order valence-corrected chi connectivity index (χ4v) is 3.12. The molecule has 0 aliphatic heterocycles. The summed E-state index contributed by atoms with van der Waals surface area (Å²) in [6.45, 7) is 2.30. The Morgan fingerprint density at radius 2 is 1.71 bits per heavy atom. The maximum atomic E-state index is 12.2. The minimum Gasteiger partial charge on any atom is -0.398 e. The smallest absolute Gasteiger partial charge is 0.240 e. The van der Waals surface area contributed by atoms with Gasteiger partial charge in [0.25, 0.3) is 0 Å². The summed E-state index contributed by atoms with van der Waals surface area (Å²) in [7, 11) is -3.60. The van der Waals surface area contributed by atoms with Crippen molar-refractivity contribution in [3.05, 3.63) is 58.6 Å². The molecule has 0 unspecified atom stereocenters. The van der Waals surface area contributed by atoms with Gasteiger partial charge in [0.15, 0.2) is 0 Å². The highest BCUT2D eigenvalue weighted by atomic mass is 35.5. The molecule has 0 saturated carbocycles. The lowest BCUT2D eigenvalue weighted by atomic mass is 10.1. The van der Waals surface area contributed by atoms with Crippen molar-refractivity contribution < 1.29 is 8.42 Å². The van der Waals surface area contributed by atoms with Crippen molar-refractivity contribution in [2.45, 2.75) is 24.8 Å². The number of nitrogens with one attached hydrogen (secondary N) is 1. The number of benzene rings is 2. The summed E-state index contributed by atoms with van der Waals surface area (Å²) in [6.07, 6.45) is 0.954. The Balaban J connectivity index is 2.11. The quantitative estimate of drug-likeness (QED) is 0.830. The highest BCUT2D eigenvalue weighted by molar-refractivity contribution is 7.89. The third kappa shape index (κ3) is 3.97. The average Bonchev–Trinajstić information content (AvgIpc) is 2.48. The number of hydrogen-bond acceptors (Lipinski definition) is 3. The molecular weight excluding hydrogens is 308 g/mol. The number of nitrogens with two attached hydrogens (primary N) is 1. The van der Waals surface area contributed by atoms with Gasteiger partial charge in [0.1, 0.15) is 0 Å². The van der Waals surface area contributed by atoms with E-state index in [0.717, 1.165) is 12.0 Å². The summed E-state index contributed by atoms with van der Waals surface area (Å²) in [4.78, 5) is 0.104. The van der Waals surface area contributed by atoms with E-state index in [0.29, 0.717) is 5.69 Å². The van der Waals surface area contributed by atoms with Crippen molar-refractivity contribution in [2.75, 3.05) is 5.73 Å². The molecule has 0 amide bonds. The lowest BCUT2D eigenvalue weighted by Crippen LogP contribution is -2.23. The highest BCUT2D eigenvalue weighted by Gasteiger charge is 2.14. The maximum Gasteiger partial charge on any atom is 0.240 e. The van der Waals surface area contributed by atoms with Crippen molar-refractivity contribution in [3.8, 4) is 0 Å². The van der Waals surface area contributed by atoms with Crippen LogP contribution in [0.15, 0.2) is 47.4 Å². The third-order valence-electron chi connectivity index (χ3n) is 3.18. The Labute approximate surface area is 130 Å². The predicted octanol–water partition coefficient (Wildman–Crippen LogP) is 2.96. The molecule has 0 radical (unpaired) electrons. The summed E-state index contributed by atoms with van der Waals surface area (Å²) in [6, 6.07) is 12.1. The van der Waals surface area contributed by atoms with Gasteiger partial charge in [0.05, 0.1) is 15.6 Å². The molecule has 21 heavy (non-hydrogen) atoms. The van der Waals surface area contributed by atoms with Crippen LogP contribution in [0.25, 0.3) is 0 Å². The zero-order chi connectivity index (χ0) is 15.5. The van der Waals surface area contributed by atoms with E-state index in [4.69, 9.17) is 17.3 Å². The van der Waals surface area contributed by atoms with Crippen LogP contribution in [0.4, 0.5) is 5.69 Å². The molecular formula is C15H17ClN2O2S. The SMILES string of the molecule is CCc1ccc(CNS(=O)(=O)c2ccc(N)c(Cl)c2)cc1. The van der Waals surface area contributed by atoms with Crippen LogP contribution in [0, 0.1) is 0 Å². The average molecular weight is 325 g/mol. The Kier molecular flexibility index (Phi) is 4.88. The first-order valence-electron chi connectivity index (χ1n) is 6.55. The first-order chi connectivity index (χ1) is 9.92. The van der Waals surface area contributed by atoms with Crippen molar-refractivity contribution >= 4 is 27.3 Å². The fraction of sp³-hybridized carbons (Fsp3) is 0.200. The summed E-state index contributed by atoms with van der Waals surface area (Å²) in [5.41, 5.74) is 8.04. The Hall–Kier alpha value is -1.56. The molecule has 0 aromatic heterocycles. The molecule has 0 fully saturated rings. The number of nitrogen functional groups attached to an aromatic ring is 1. The zero-order valence-corrected chi connectivity index (χ0v) is 13.2. The molecule has 0 saturated heterocycles. The van der Waals surface area contributed by atoms with E-state index in [2.05, 4.69) is 11.6 Å². The zero-order valence-electron chi connectivity index (χ0n) is 11.6. The van der Waals surface area contributed by atoms with Gasteiger partial charge in [-0.05, 0) is 35.7 Å². The molecule has 2 aromatic rings. The van der Waals surface area contributed by atoms with Gasteiger partial charge in [-0.2, -0.15) is 0 Å². The summed E-state index contributed by atoms with van der Waals surface area (Å²) >= 11 is 5.85. The second-order valence-corrected chi connectivity index (χ2v) is 6.85. The molecule has 2 rings (SSSR count). The summed E-state index contributed by atoms with van der Waals surface area (Å²) < 4.78 is 26.9. The molecule has 0 spiro atoms. The van der Waals surface area contributed by atoms with Gasteiger partial charge in [-0.1, -0.05) is 42.8 Å². The number of anilines is 1. The minimum atomic E-state index is -3.60. The standard InChI is InChI=1S/C15H17ClN2O2S/c1-2-11-3-5-12(6-4-11)10-18-21(19,20)13-7-8-15(17)14(16)9-13/h3-9,18H,2,10,17H2,1H3. The van der Waals surface area contributed by atoms with Gasteiger partial charge in [-0.15, -0.1) is 0 Å². The van der Waals surface area contributed by atoms with Crippen molar-refractivity contribution in [1.82, 2.24) is 4.72 Å². The predicted molar refractivity (Wildman–Crippen MR) is 85.7 cm³/mol. The number of rotatable bonds is 5. The maximum absolute atomic E-state index is 12.2. The molecule has 0 heterocycles. The van der Waals surface area contributed by atoms with Crippen LogP contribution in [-0.4, -0.2) is 8.42 Å². The summed E-state index contributed by atoms with van der Waals surface area (Å²) in [5, 5.41) is 0.227. The second-order valence-electron chi connectivity index (χ2n) is 4.68. The van der Waals surface area contributed by atoms with E-state index < -0.39 is 10.0 Å². The Bertz CT molecular complexity index is 728. The third-order valence-corrected chi connectivity index (χ3v) is 4.91. The van der Waals surface area contributed by atoms with E-state index in [1.54, 1.807) is 0 Å². The number of sulfonamides is 1. The van der Waals surface area contributed by atoms with E-state index in [-0.39, 0.29) is 16.5 Å². The van der Waals surface area contributed by atoms with Crippen LogP contribution >= 0.6 is 11.6 Å². The summed E-state index contributed by atoms with van der Waals surface area (Å²) in [5.74, 6) is 0. The lowest BCUT2D eigenvalue weighted by molar-refractivity contribution is 0.581. The highest BCUT2D eigenvalue weighted by Crippen LogP contribution is 2.22. The molecule has 4 nitrogen and oxygen atoms in total. The van der Waals surface area contributed by atoms with Crippen LogP contribution in [0.3, 0.4) is 0 Å². The van der Waals surface area contributed by atoms with Crippen molar-refractivity contribution in [1.29, 1.82) is 0 Å². The molecule has 6 heteroatoms. The van der Waals surface area contributed by atoms with E-state index in [1.165, 1.54) is 23.8 Å². The number of aryl methyl sites for hydroxylation is 1. The first-order valence-corrected chi connectivity index (χ1v) is 8.41. The normalized spacial score (nSPS) is 11.5.